The van der Waals surface area contributed by atoms with Crippen LogP contribution in [0.1, 0.15) is 6.92 Å². The van der Waals surface area contributed by atoms with Gasteiger partial charge in [-0.3, -0.25) is 4.79 Å². The van der Waals surface area contributed by atoms with Gasteiger partial charge in [-0.2, -0.15) is 0 Å². The fourth-order valence-corrected chi connectivity index (χ4v) is 2.00. The highest BCUT2D eigenvalue weighted by atomic mass is 19.1. The second-order valence-electron chi connectivity index (χ2n) is 5.10. The number of nitrogens with one attached hydrogen (secondary N) is 3. The van der Waals surface area contributed by atoms with Crippen molar-refractivity contribution in [2.75, 3.05) is 23.8 Å². The van der Waals surface area contributed by atoms with Crippen LogP contribution < -0.4 is 20.7 Å². The third-order valence-electron chi connectivity index (χ3n) is 2.93. The first-order chi connectivity index (χ1) is 11.9. The van der Waals surface area contributed by atoms with Crippen molar-refractivity contribution >= 4 is 23.3 Å². The van der Waals surface area contributed by atoms with Crippen LogP contribution in [0.4, 0.5) is 25.0 Å². The van der Waals surface area contributed by atoms with Crippen molar-refractivity contribution < 1.29 is 23.1 Å². The molecule has 6 nitrogen and oxygen atoms in total. The zero-order valence-electron chi connectivity index (χ0n) is 13.4. The van der Waals surface area contributed by atoms with Gasteiger partial charge in [0.05, 0.1) is 6.54 Å². The Kier molecular flexibility index (Phi) is 6.27. The van der Waals surface area contributed by atoms with Crippen LogP contribution in [0.5, 0.6) is 5.75 Å². The number of ether oxygens (including phenoxy) is 1. The number of urea groups is 1. The third-order valence-corrected chi connectivity index (χ3v) is 2.93. The summed E-state index contributed by atoms with van der Waals surface area (Å²) in [5.74, 6) is -1.22. The van der Waals surface area contributed by atoms with E-state index in [-0.39, 0.29) is 24.7 Å². The van der Waals surface area contributed by atoms with Crippen molar-refractivity contribution in [3.05, 3.63) is 54.1 Å². The molecule has 0 heterocycles. The Morgan fingerprint density at radius 3 is 2.40 bits per heavy atom. The van der Waals surface area contributed by atoms with E-state index in [1.807, 2.05) is 0 Å². The number of benzene rings is 2. The highest BCUT2D eigenvalue weighted by Gasteiger charge is 2.05. The maximum absolute atomic E-state index is 13.0. The Labute approximate surface area is 143 Å². The Morgan fingerprint density at radius 1 is 1.00 bits per heavy atom. The molecule has 8 heteroatoms. The van der Waals surface area contributed by atoms with Gasteiger partial charge < -0.3 is 20.7 Å². The van der Waals surface area contributed by atoms with Gasteiger partial charge in [-0.15, -0.1) is 0 Å². The Morgan fingerprint density at radius 2 is 1.72 bits per heavy atom. The summed E-state index contributed by atoms with van der Waals surface area (Å²) in [5, 5.41) is 7.45. The van der Waals surface area contributed by atoms with E-state index in [0.29, 0.717) is 17.5 Å². The molecule has 3 N–H and O–H groups in total. The van der Waals surface area contributed by atoms with Gasteiger partial charge in [0, 0.05) is 30.4 Å². The van der Waals surface area contributed by atoms with E-state index in [2.05, 4.69) is 16.0 Å². The van der Waals surface area contributed by atoms with E-state index in [1.54, 1.807) is 24.3 Å². The first kappa shape index (κ1) is 18.2. The van der Waals surface area contributed by atoms with E-state index in [4.69, 9.17) is 4.74 Å². The van der Waals surface area contributed by atoms with Crippen molar-refractivity contribution in [1.82, 2.24) is 5.32 Å². The van der Waals surface area contributed by atoms with Gasteiger partial charge in [0.15, 0.2) is 0 Å². The van der Waals surface area contributed by atoms with E-state index in [0.717, 1.165) is 12.1 Å². The molecule has 0 spiro atoms. The predicted molar refractivity (Wildman–Crippen MR) is 89.6 cm³/mol. The van der Waals surface area contributed by atoms with Crippen LogP contribution in [0, 0.1) is 11.6 Å². The van der Waals surface area contributed by atoms with E-state index in [9.17, 15) is 18.4 Å². The van der Waals surface area contributed by atoms with Crippen molar-refractivity contribution in [2.45, 2.75) is 6.92 Å². The maximum atomic E-state index is 13.0. The molecule has 0 fully saturated rings. The Bertz CT molecular complexity index is 748. The number of rotatable bonds is 6. The van der Waals surface area contributed by atoms with Gasteiger partial charge in [0.2, 0.25) is 5.91 Å². The summed E-state index contributed by atoms with van der Waals surface area (Å²) in [6.07, 6.45) is 0. The highest BCUT2D eigenvalue weighted by Crippen LogP contribution is 2.17. The maximum Gasteiger partial charge on any atom is 0.319 e. The van der Waals surface area contributed by atoms with Crippen LogP contribution in [-0.2, 0) is 4.79 Å². The smallest absolute Gasteiger partial charge is 0.319 e. The van der Waals surface area contributed by atoms with Gasteiger partial charge in [0.25, 0.3) is 0 Å². The monoisotopic (exact) mass is 349 g/mol. The molecule has 0 aliphatic rings. The summed E-state index contributed by atoms with van der Waals surface area (Å²) in [7, 11) is 0. The first-order valence-electron chi connectivity index (χ1n) is 7.44. The second kappa shape index (κ2) is 8.62. The normalized spacial score (nSPS) is 10.0. The Hall–Kier alpha value is -3.16. The number of hydrogen-bond donors (Lipinski definition) is 3. The summed E-state index contributed by atoms with van der Waals surface area (Å²) in [5.41, 5.74) is 0.614. The molecule has 0 bridgehead atoms. The van der Waals surface area contributed by atoms with Gasteiger partial charge in [-0.25, -0.2) is 13.6 Å². The number of hydrogen-bond acceptors (Lipinski definition) is 3. The van der Waals surface area contributed by atoms with Gasteiger partial charge >= 0.3 is 6.03 Å². The summed E-state index contributed by atoms with van der Waals surface area (Å²) in [6, 6.07) is 8.92. The standard InChI is InChI=1S/C17H17F2N3O3/c1-11(23)21-14-3-2-4-16(10-14)25-6-5-20-17(24)22-15-8-12(18)7-13(19)9-15/h2-4,7-10H,5-6H2,1H3,(H,21,23)(H2,20,22,24). The van der Waals surface area contributed by atoms with Crippen LogP contribution in [0.25, 0.3) is 0 Å². The topological polar surface area (TPSA) is 79.5 Å². The fraction of sp³-hybridized carbons (Fsp3) is 0.176. The zero-order valence-corrected chi connectivity index (χ0v) is 13.4. The molecule has 2 rings (SSSR count). The highest BCUT2D eigenvalue weighted by molar-refractivity contribution is 5.89. The molecule has 3 amide bonds. The molecule has 132 valence electrons. The third kappa shape index (κ3) is 6.46. The van der Waals surface area contributed by atoms with Crippen molar-refractivity contribution in [2.24, 2.45) is 0 Å². The molecule has 0 aromatic heterocycles. The van der Waals surface area contributed by atoms with Crippen molar-refractivity contribution in [1.29, 1.82) is 0 Å². The molecule has 0 saturated heterocycles. The SMILES string of the molecule is CC(=O)Nc1cccc(OCCNC(=O)Nc2cc(F)cc(F)c2)c1. The van der Waals surface area contributed by atoms with E-state index < -0.39 is 17.7 Å². The first-order valence-corrected chi connectivity index (χ1v) is 7.44. The van der Waals surface area contributed by atoms with E-state index in [1.165, 1.54) is 6.92 Å². The molecule has 0 atom stereocenters. The molecule has 0 unspecified atom stereocenters. The van der Waals surface area contributed by atoms with Gasteiger partial charge in [-0.05, 0) is 24.3 Å². The second-order valence-corrected chi connectivity index (χ2v) is 5.10. The summed E-state index contributed by atoms with van der Waals surface area (Å²) >= 11 is 0. The van der Waals surface area contributed by atoms with Crippen molar-refractivity contribution in [3.8, 4) is 5.75 Å². The number of amides is 3. The minimum atomic E-state index is -0.780. The lowest BCUT2D eigenvalue weighted by Gasteiger charge is -2.10. The van der Waals surface area contributed by atoms with E-state index >= 15 is 0 Å². The summed E-state index contributed by atoms with van der Waals surface area (Å²) < 4.78 is 31.5. The minimum Gasteiger partial charge on any atom is -0.492 e. The van der Waals surface area contributed by atoms with Crippen LogP contribution in [-0.4, -0.2) is 25.1 Å². The van der Waals surface area contributed by atoms with Gasteiger partial charge in [-0.1, -0.05) is 6.07 Å². The number of carbonyl (C=O) groups excluding carboxylic acids is 2. The number of halogens is 2. The van der Waals surface area contributed by atoms with Crippen LogP contribution in [0.15, 0.2) is 42.5 Å². The largest absolute Gasteiger partial charge is 0.492 e. The quantitative estimate of drug-likeness (QED) is 0.701. The zero-order chi connectivity index (χ0) is 18.2. The summed E-state index contributed by atoms with van der Waals surface area (Å²) in [6.45, 7) is 1.75. The molecular formula is C17H17F2N3O3. The molecule has 2 aromatic rings. The van der Waals surface area contributed by atoms with Crippen LogP contribution in [0.3, 0.4) is 0 Å². The minimum absolute atomic E-state index is 0.0129. The van der Waals surface area contributed by atoms with Crippen LogP contribution >= 0.6 is 0 Å². The molecule has 0 aliphatic heterocycles. The predicted octanol–water partition coefficient (Wildman–Crippen LogP) is 3.12. The van der Waals surface area contributed by atoms with Gasteiger partial charge in [0.1, 0.15) is 24.0 Å². The molecule has 0 aliphatic carbocycles. The fourth-order valence-electron chi connectivity index (χ4n) is 2.00. The van der Waals surface area contributed by atoms with Crippen LogP contribution in [0.2, 0.25) is 0 Å². The summed E-state index contributed by atoms with van der Waals surface area (Å²) in [4.78, 5) is 22.7. The lowest BCUT2D eigenvalue weighted by atomic mass is 10.3. The average molecular weight is 349 g/mol. The van der Waals surface area contributed by atoms with Crippen molar-refractivity contribution in [3.63, 3.8) is 0 Å². The lowest BCUT2D eigenvalue weighted by molar-refractivity contribution is -0.114. The molecule has 25 heavy (non-hydrogen) atoms. The molecule has 2 aromatic carbocycles. The number of anilines is 2. The molecule has 0 saturated carbocycles. The average Bonchev–Trinajstić information content (AvgIpc) is 2.50. The number of carbonyl (C=O) groups is 2. The molecule has 0 radical (unpaired) electrons. The Balaban J connectivity index is 1.75. The molecular weight excluding hydrogens is 332 g/mol. The lowest BCUT2D eigenvalue weighted by Crippen LogP contribution is -2.32.